The summed E-state index contributed by atoms with van der Waals surface area (Å²) in [6, 6.07) is 12.4. The van der Waals surface area contributed by atoms with E-state index in [-0.39, 0.29) is 5.78 Å². The fourth-order valence-electron chi connectivity index (χ4n) is 2.79. The third-order valence-corrected chi connectivity index (χ3v) is 4.90. The van der Waals surface area contributed by atoms with Crippen LogP contribution in [0.2, 0.25) is 0 Å². The number of anilines is 1. The van der Waals surface area contributed by atoms with Gasteiger partial charge >= 0.3 is 0 Å². The molecule has 3 heteroatoms. The minimum Gasteiger partial charge on any atom is -0.378 e. The predicted molar refractivity (Wildman–Crippen MR) is 99.9 cm³/mol. The monoisotopic (exact) mass is 323 g/mol. The third-order valence-electron chi connectivity index (χ3n) is 4.09. The molecular weight excluding hydrogens is 302 g/mol. The molecule has 1 aromatic heterocycles. The van der Waals surface area contributed by atoms with Crippen molar-refractivity contribution in [3.05, 3.63) is 63.4 Å². The first-order valence-electron chi connectivity index (χ1n) is 7.90. The SMILES string of the molecule is CN(C)c1ccc(/C=C2\CCC/C(=C/c3cccs3)C2=O)cc1. The highest BCUT2D eigenvalue weighted by molar-refractivity contribution is 7.10. The van der Waals surface area contributed by atoms with E-state index in [1.165, 1.54) is 5.69 Å². The van der Waals surface area contributed by atoms with Crippen molar-refractivity contribution < 1.29 is 4.79 Å². The van der Waals surface area contributed by atoms with E-state index in [1.54, 1.807) is 11.3 Å². The number of hydrogen-bond acceptors (Lipinski definition) is 3. The van der Waals surface area contributed by atoms with E-state index in [9.17, 15) is 4.79 Å². The van der Waals surface area contributed by atoms with E-state index >= 15 is 0 Å². The van der Waals surface area contributed by atoms with Gasteiger partial charge in [0, 0.05) is 35.8 Å². The number of benzene rings is 1. The average Bonchev–Trinajstić information content (AvgIpc) is 3.05. The highest BCUT2D eigenvalue weighted by atomic mass is 32.1. The van der Waals surface area contributed by atoms with Crippen molar-refractivity contribution >= 4 is 35.0 Å². The average molecular weight is 323 g/mol. The highest BCUT2D eigenvalue weighted by Gasteiger charge is 2.20. The molecule has 1 aromatic carbocycles. The van der Waals surface area contributed by atoms with Crippen molar-refractivity contribution in [3.8, 4) is 0 Å². The lowest BCUT2D eigenvalue weighted by atomic mass is 9.87. The second-order valence-corrected chi connectivity index (χ2v) is 7.00. The summed E-state index contributed by atoms with van der Waals surface area (Å²) in [4.78, 5) is 15.9. The number of carbonyl (C=O) groups is 1. The van der Waals surface area contributed by atoms with Gasteiger partial charge in [0.05, 0.1) is 0 Å². The molecular formula is C20H21NOS. The van der Waals surface area contributed by atoms with E-state index in [4.69, 9.17) is 0 Å². The Labute approximate surface area is 141 Å². The predicted octanol–water partition coefficient (Wildman–Crippen LogP) is 5.03. The molecule has 0 amide bonds. The van der Waals surface area contributed by atoms with Gasteiger partial charge in [0.25, 0.3) is 0 Å². The van der Waals surface area contributed by atoms with Crippen LogP contribution in [0.5, 0.6) is 0 Å². The van der Waals surface area contributed by atoms with Crippen molar-refractivity contribution in [2.24, 2.45) is 0 Å². The van der Waals surface area contributed by atoms with Gasteiger partial charge in [-0.1, -0.05) is 18.2 Å². The van der Waals surface area contributed by atoms with Gasteiger partial charge in [0.15, 0.2) is 5.78 Å². The molecule has 118 valence electrons. The van der Waals surface area contributed by atoms with Crippen LogP contribution in [0.15, 0.2) is 52.9 Å². The largest absolute Gasteiger partial charge is 0.378 e. The molecule has 23 heavy (non-hydrogen) atoms. The van der Waals surface area contributed by atoms with Crippen LogP contribution in [0.25, 0.3) is 12.2 Å². The van der Waals surface area contributed by atoms with Gasteiger partial charge in [0.2, 0.25) is 0 Å². The first-order valence-corrected chi connectivity index (χ1v) is 8.78. The van der Waals surface area contributed by atoms with Crippen LogP contribution >= 0.6 is 11.3 Å². The second-order valence-electron chi connectivity index (χ2n) is 6.02. The Bertz CT molecular complexity index is 736. The first kappa shape index (κ1) is 15.8. The first-order chi connectivity index (χ1) is 11.1. The van der Waals surface area contributed by atoms with Gasteiger partial charge in [-0.15, -0.1) is 11.3 Å². The number of allylic oxidation sites excluding steroid dienone is 2. The summed E-state index contributed by atoms with van der Waals surface area (Å²) in [5.41, 5.74) is 4.13. The minimum atomic E-state index is 0.210. The van der Waals surface area contributed by atoms with Gasteiger partial charge in [-0.2, -0.15) is 0 Å². The van der Waals surface area contributed by atoms with E-state index in [1.807, 2.05) is 31.6 Å². The fourth-order valence-corrected chi connectivity index (χ4v) is 3.47. The number of rotatable bonds is 3. The normalized spacial score (nSPS) is 18.6. The van der Waals surface area contributed by atoms with Crippen LogP contribution in [0.4, 0.5) is 5.69 Å². The molecule has 0 saturated heterocycles. The second kappa shape index (κ2) is 6.97. The Balaban J connectivity index is 1.83. The summed E-state index contributed by atoms with van der Waals surface area (Å²) in [5.74, 6) is 0.210. The van der Waals surface area contributed by atoms with E-state index in [2.05, 4.69) is 41.3 Å². The lowest BCUT2D eigenvalue weighted by molar-refractivity contribution is -0.112. The lowest BCUT2D eigenvalue weighted by Gasteiger charge is -2.16. The van der Waals surface area contributed by atoms with Crippen molar-refractivity contribution in [2.75, 3.05) is 19.0 Å². The van der Waals surface area contributed by atoms with Crippen molar-refractivity contribution in [2.45, 2.75) is 19.3 Å². The third kappa shape index (κ3) is 3.80. The number of ketones is 1. The van der Waals surface area contributed by atoms with Gasteiger partial charge in [-0.3, -0.25) is 4.79 Å². The molecule has 0 unspecified atom stereocenters. The molecule has 0 aliphatic heterocycles. The van der Waals surface area contributed by atoms with Crippen LogP contribution in [0.3, 0.4) is 0 Å². The molecule has 0 bridgehead atoms. The zero-order valence-electron chi connectivity index (χ0n) is 13.6. The quantitative estimate of drug-likeness (QED) is 0.738. The fraction of sp³-hybridized carbons (Fsp3) is 0.250. The Kier molecular flexibility index (Phi) is 4.77. The molecule has 1 saturated carbocycles. The maximum absolute atomic E-state index is 12.7. The van der Waals surface area contributed by atoms with Crippen LogP contribution in [0.1, 0.15) is 29.7 Å². The van der Waals surface area contributed by atoms with Gasteiger partial charge in [-0.05, 0) is 60.6 Å². The summed E-state index contributed by atoms with van der Waals surface area (Å²) in [6.45, 7) is 0. The number of nitrogens with zero attached hydrogens (tertiary/aromatic N) is 1. The maximum atomic E-state index is 12.7. The number of Topliss-reactive ketones (excluding diaryl/α,β-unsaturated/α-hetero) is 1. The van der Waals surface area contributed by atoms with Gasteiger partial charge in [0.1, 0.15) is 0 Å². The molecule has 3 rings (SSSR count). The molecule has 0 radical (unpaired) electrons. The molecule has 0 N–H and O–H groups in total. The lowest BCUT2D eigenvalue weighted by Crippen LogP contribution is -2.12. The molecule has 1 aliphatic carbocycles. The zero-order valence-corrected chi connectivity index (χ0v) is 14.4. The summed E-state index contributed by atoms with van der Waals surface area (Å²) in [7, 11) is 4.06. The summed E-state index contributed by atoms with van der Waals surface area (Å²) in [5, 5.41) is 2.04. The van der Waals surface area contributed by atoms with Crippen LogP contribution in [-0.2, 0) is 4.79 Å². The molecule has 2 aromatic rings. The maximum Gasteiger partial charge on any atom is 0.185 e. The Hall–Kier alpha value is -2.13. The smallest absolute Gasteiger partial charge is 0.185 e. The molecule has 1 aliphatic rings. The van der Waals surface area contributed by atoms with Crippen molar-refractivity contribution in [1.29, 1.82) is 0 Å². The minimum absolute atomic E-state index is 0.210. The van der Waals surface area contributed by atoms with E-state index in [0.717, 1.165) is 40.8 Å². The topological polar surface area (TPSA) is 20.3 Å². The molecule has 0 atom stereocenters. The molecule has 0 spiro atoms. The van der Waals surface area contributed by atoms with E-state index in [0.29, 0.717) is 0 Å². The standard InChI is InChI=1S/C20H21NOS/c1-21(2)18-10-8-15(9-11-18)13-16-5-3-6-17(20(16)22)14-19-7-4-12-23-19/h4,7-14H,3,5-6H2,1-2H3/b16-13+,17-14-. The van der Waals surface area contributed by atoms with Crippen molar-refractivity contribution in [1.82, 2.24) is 0 Å². The summed E-state index contributed by atoms with van der Waals surface area (Å²) in [6.07, 6.45) is 6.90. The molecule has 1 heterocycles. The molecule has 2 nitrogen and oxygen atoms in total. The van der Waals surface area contributed by atoms with Gasteiger partial charge < -0.3 is 4.90 Å². The Morgan fingerprint density at radius 2 is 1.70 bits per heavy atom. The van der Waals surface area contributed by atoms with E-state index < -0.39 is 0 Å². The molecule has 1 fully saturated rings. The van der Waals surface area contributed by atoms with Crippen LogP contribution in [0, 0.1) is 0 Å². The highest BCUT2D eigenvalue weighted by Crippen LogP contribution is 2.29. The van der Waals surface area contributed by atoms with Gasteiger partial charge in [-0.25, -0.2) is 0 Å². The summed E-state index contributed by atoms with van der Waals surface area (Å²) < 4.78 is 0. The summed E-state index contributed by atoms with van der Waals surface area (Å²) >= 11 is 1.68. The van der Waals surface area contributed by atoms with Crippen LogP contribution in [-0.4, -0.2) is 19.9 Å². The number of thiophene rings is 1. The zero-order chi connectivity index (χ0) is 16.2. The number of carbonyl (C=O) groups excluding carboxylic acids is 1. The van der Waals surface area contributed by atoms with Crippen LogP contribution < -0.4 is 4.90 Å². The number of hydrogen-bond donors (Lipinski definition) is 0. The Morgan fingerprint density at radius 3 is 2.30 bits per heavy atom. The Morgan fingerprint density at radius 1 is 1.00 bits per heavy atom. The van der Waals surface area contributed by atoms with Crippen molar-refractivity contribution in [3.63, 3.8) is 0 Å².